The Hall–Kier alpha value is -0.870. The Balaban J connectivity index is 2.41. The third kappa shape index (κ3) is 3.80. The summed E-state index contributed by atoms with van der Waals surface area (Å²) in [7, 11) is 0. The lowest BCUT2D eigenvalue weighted by Gasteiger charge is -2.07. The molecule has 1 aromatic heterocycles. The molecule has 19 heavy (non-hydrogen) atoms. The molecule has 0 spiro atoms. The van der Waals surface area contributed by atoms with Crippen LogP contribution in [0.3, 0.4) is 0 Å². The van der Waals surface area contributed by atoms with Crippen molar-refractivity contribution in [2.45, 2.75) is 13.5 Å². The first-order valence-corrected chi connectivity index (χ1v) is 6.80. The number of hydrogen-bond acceptors (Lipinski definition) is 3. The van der Waals surface area contributed by atoms with E-state index in [0.29, 0.717) is 39.9 Å². The molecule has 0 aliphatic rings. The third-order valence-corrected chi connectivity index (χ3v) is 3.12. The van der Waals surface area contributed by atoms with Crippen LogP contribution in [0.1, 0.15) is 12.7 Å². The Morgan fingerprint density at radius 3 is 2.58 bits per heavy atom. The van der Waals surface area contributed by atoms with Gasteiger partial charge in [0.2, 0.25) is 0 Å². The van der Waals surface area contributed by atoms with Crippen molar-refractivity contribution in [3.05, 3.63) is 45.3 Å². The highest BCUT2D eigenvalue weighted by Gasteiger charge is 2.09. The Morgan fingerprint density at radius 1 is 1.11 bits per heavy atom. The van der Waals surface area contributed by atoms with Gasteiger partial charge in [0.25, 0.3) is 0 Å². The second-order valence-corrected chi connectivity index (χ2v) is 4.98. The molecule has 2 aromatic rings. The lowest BCUT2D eigenvalue weighted by molar-refractivity contribution is 0.128. The maximum atomic E-state index is 6.15. The van der Waals surface area contributed by atoms with E-state index in [4.69, 9.17) is 39.5 Å². The summed E-state index contributed by atoms with van der Waals surface area (Å²) >= 11 is 18.0. The fraction of sp³-hybridized carbons (Fsp3) is 0.231. The summed E-state index contributed by atoms with van der Waals surface area (Å²) < 4.78 is 5.28. The Kier molecular flexibility index (Phi) is 4.99. The van der Waals surface area contributed by atoms with Crippen molar-refractivity contribution < 1.29 is 4.74 Å². The van der Waals surface area contributed by atoms with Gasteiger partial charge in [0, 0.05) is 23.3 Å². The van der Waals surface area contributed by atoms with Crippen molar-refractivity contribution in [1.82, 2.24) is 9.97 Å². The first-order chi connectivity index (χ1) is 9.10. The van der Waals surface area contributed by atoms with Crippen LogP contribution in [0.5, 0.6) is 0 Å². The Bertz CT molecular complexity index is 590. The number of nitrogens with zero attached hydrogens (tertiary/aromatic N) is 2. The minimum absolute atomic E-state index is 0.315. The molecule has 0 radical (unpaired) electrons. The van der Waals surface area contributed by atoms with Crippen LogP contribution in [-0.4, -0.2) is 16.6 Å². The molecule has 0 amide bonds. The van der Waals surface area contributed by atoms with Gasteiger partial charge < -0.3 is 4.74 Å². The minimum atomic E-state index is 0.315. The van der Waals surface area contributed by atoms with Crippen LogP contribution in [0.4, 0.5) is 0 Å². The van der Waals surface area contributed by atoms with Crippen LogP contribution in [0.25, 0.3) is 11.3 Å². The van der Waals surface area contributed by atoms with Crippen molar-refractivity contribution in [3.8, 4) is 11.3 Å². The summed E-state index contributed by atoms with van der Waals surface area (Å²) in [6, 6.07) is 6.87. The molecule has 3 nitrogen and oxygen atoms in total. The predicted molar refractivity (Wildman–Crippen MR) is 77.8 cm³/mol. The van der Waals surface area contributed by atoms with Gasteiger partial charge in [-0.2, -0.15) is 0 Å². The van der Waals surface area contributed by atoms with E-state index in [-0.39, 0.29) is 0 Å². The van der Waals surface area contributed by atoms with Crippen LogP contribution in [-0.2, 0) is 11.3 Å². The Labute approximate surface area is 126 Å². The number of hydrogen-bond donors (Lipinski definition) is 0. The van der Waals surface area contributed by atoms with Gasteiger partial charge in [0.15, 0.2) is 5.82 Å². The highest BCUT2D eigenvalue weighted by Crippen LogP contribution is 2.30. The van der Waals surface area contributed by atoms with E-state index in [2.05, 4.69) is 9.97 Å². The number of ether oxygens (including phenoxy) is 1. The number of halogens is 3. The first kappa shape index (κ1) is 14.5. The molecule has 100 valence electrons. The molecule has 1 heterocycles. The highest BCUT2D eigenvalue weighted by atomic mass is 35.5. The van der Waals surface area contributed by atoms with Crippen molar-refractivity contribution >= 4 is 34.8 Å². The standard InChI is InChI=1S/C13H11Cl3N2O/c1-2-19-7-13-17-11(6-12(16)18-13)9-4-3-8(14)5-10(9)15/h3-6H,2,7H2,1H3. The van der Waals surface area contributed by atoms with Crippen molar-refractivity contribution in [3.63, 3.8) is 0 Å². The molecule has 0 fully saturated rings. The van der Waals surface area contributed by atoms with Crippen molar-refractivity contribution in [1.29, 1.82) is 0 Å². The molecule has 0 aliphatic heterocycles. The van der Waals surface area contributed by atoms with Crippen molar-refractivity contribution in [2.24, 2.45) is 0 Å². The Morgan fingerprint density at radius 2 is 1.89 bits per heavy atom. The van der Waals surface area contributed by atoms with Crippen LogP contribution in [0.2, 0.25) is 15.2 Å². The SMILES string of the molecule is CCOCc1nc(Cl)cc(-c2ccc(Cl)cc2Cl)n1. The zero-order valence-corrected chi connectivity index (χ0v) is 12.4. The number of rotatable bonds is 4. The molecule has 0 atom stereocenters. The summed E-state index contributed by atoms with van der Waals surface area (Å²) in [5.74, 6) is 0.523. The molecule has 0 saturated carbocycles. The van der Waals surface area contributed by atoms with Gasteiger partial charge in [-0.15, -0.1) is 0 Å². The topological polar surface area (TPSA) is 35.0 Å². The summed E-state index contributed by atoms with van der Waals surface area (Å²) in [5, 5.41) is 1.44. The summed E-state index contributed by atoms with van der Waals surface area (Å²) in [5.41, 5.74) is 1.41. The monoisotopic (exact) mass is 316 g/mol. The molecular formula is C13H11Cl3N2O. The lowest BCUT2D eigenvalue weighted by atomic mass is 10.1. The molecule has 0 saturated heterocycles. The molecule has 6 heteroatoms. The fourth-order valence-electron chi connectivity index (χ4n) is 1.56. The zero-order valence-electron chi connectivity index (χ0n) is 10.2. The van der Waals surface area contributed by atoms with Crippen molar-refractivity contribution in [2.75, 3.05) is 6.61 Å². The maximum Gasteiger partial charge on any atom is 0.156 e. The maximum absolute atomic E-state index is 6.15. The van der Waals surface area contributed by atoms with E-state index in [1.165, 1.54) is 0 Å². The average molecular weight is 318 g/mol. The second-order valence-electron chi connectivity index (χ2n) is 3.75. The first-order valence-electron chi connectivity index (χ1n) is 5.66. The van der Waals surface area contributed by atoms with Crippen LogP contribution < -0.4 is 0 Å². The van der Waals surface area contributed by atoms with Crippen LogP contribution in [0.15, 0.2) is 24.3 Å². The van der Waals surface area contributed by atoms with Gasteiger partial charge in [-0.25, -0.2) is 9.97 Å². The quantitative estimate of drug-likeness (QED) is 0.771. The van der Waals surface area contributed by atoms with E-state index in [0.717, 1.165) is 5.56 Å². The van der Waals surface area contributed by atoms with E-state index < -0.39 is 0 Å². The van der Waals surface area contributed by atoms with Gasteiger partial charge in [0.05, 0.1) is 10.7 Å². The van der Waals surface area contributed by atoms with Gasteiger partial charge in [0.1, 0.15) is 11.8 Å². The van der Waals surface area contributed by atoms with E-state index >= 15 is 0 Å². The van der Waals surface area contributed by atoms with E-state index in [1.807, 2.05) is 6.92 Å². The average Bonchev–Trinajstić information content (AvgIpc) is 2.35. The molecular weight excluding hydrogens is 307 g/mol. The normalized spacial score (nSPS) is 10.7. The van der Waals surface area contributed by atoms with E-state index in [1.54, 1.807) is 24.3 Å². The number of aromatic nitrogens is 2. The van der Waals surface area contributed by atoms with E-state index in [9.17, 15) is 0 Å². The molecule has 2 rings (SSSR count). The largest absolute Gasteiger partial charge is 0.374 e. The van der Waals surface area contributed by atoms with Crippen LogP contribution in [0, 0.1) is 0 Å². The van der Waals surface area contributed by atoms with Gasteiger partial charge >= 0.3 is 0 Å². The second kappa shape index (κ2) is 6.53. The minimum Gasteiger partial charge on any atom is -0.374 e. The number of benzene rings is 1. The molecule has 0 aliphatic carbocycles. The molecule has 0 bridgehead atoms. The molecule has 0 unspecified atom stereocenters. The lowest BCUT2D eigenvalue weighted by Crippen LogP contribution is -2.00. The smallest absolute Gasteiger partial charge is 0.156 e. The summed E-state index contributed by atoms with van der Waals surface area (Å²) in [6.45, 7) is 2.81. The van der Waals surface area contributed by atoms with Gasteiger partial charge in [-0.05, 0) is 25.1 Å². The fourth-order valence-corrected chi connectivity index (χ4v) is 2.26. The summed E-state index contributed by atoms with van der Waals surface area (Å²) in [6.07, 6.45) is 0. The van der Waals surface area contributed by atoms with Gasteiger partial charge in [-0.1, -0.05) is 34.8 Å². The zero-order chi connectivity index (χ0) is 13.8. The summed E-state index contributed by atoms with van der Waals surface area (Å²) in [4.78, 5) is 8.49. The van der Waals surface area contributed by atoms with Gasteiger partial charge in [-0.3, -0.25) is 0 Å². The molecule has 0 N–H and O–H groups in total. The third-order valence-electron chi connectivity index (χ3n) is 2.38. The molecule has 1 aromatic carbocycles. The predicted octanol–water partition coefficient (Wildman–Crippen LogP) is 4.64. The van der Waals surface area contributed by atoms with Crippen LogP contribution >= 0.6 is 34.8 Å². The highest BCUT2D eigenvalue weighted by molar-refractivity contribution is 6.36.